The molecule has 0 aliphatic rings. The van der Waals surface area contributed by atoms with Crippen molar-refractivity contribution >= 4 is 32.6 Å². The zero-order valence-corrected chi connectivity index (χ0v) is 22.3. The molecule has 0 atom stereocenters. The monoisotopic (exact) mass is 542 g/mol. The van der Waals surface area contributed by atoms with Gasteiger partial charge in [-0.25, -0.2) is 12.8 Å². The van der Waals surface area contributed by atoms with Crippen molar-refractivity contribution in [1.82, 2.24) is 5.32 Å². The zero-order valence-electron chi connectivity index (χ0n) is 21.5. The molecule has 1 N–H and O–H groups in total. The van der Waals surface area contributed by atoms with E-state index in [0.29, 0.717) is 28.0 Å². The second-order valence-corrected chi connectivity index (χ2v) is 10.5. The average molecular weight is 543 g/mol. The van der Waals surface area contributed by atoms with Crippen LogP contribution in [0.4, 0.5) is 10.1 Å². The number of furan rings is 1. The molecule has 0 aliphatic heterocycles. The number of hydrogen-bond donors (Lipinski definition) is 1. The van der Waals surface area contributed by atoms with Crippen molar-refractivity contribution in [2.24, 2.45) is 0 Å². The van der Waals surface area contributed by atoms with E-state index in [9.17, 15) is 17.6 Å². The Kier molecular flexibility index (Phi) is 7.49. The van der Waals surface area contributed by atoms with Crippen LogP contribution in [0.25, 0.3) is 22.3 Å². The van der Waals surface area contributed by atoms with E-state index < -0.39 is 21.7 Å². The maximum absolute atomic E-state index is 13.6. The van der Waals surface area contributed by atoms with Gasteiger partial charge in [0, 0.05) is 37.2 Å². The van der Waals surface area contributed by atoms with Crippen LogP contribution in [-0.4, -0.2) is 48.9 Å². The third-order valence-electron chi connectivity index (χ3n) is 5.97. The number of rotatable bonds is 9. The molecule has 4 aromatic rings. The van der Waals surface area contributed by atoms with Crippen molar-refractivity contribution < 1.29 is 36.2 Å². The summed E-state index contributed by atoms with van der Waals surface area (Å²) >= 11 is 0. The van der Waals surface area contributed by atoms with E-state index in [1.165, 1.54) is 58.6 Å². The lowest BCUT2D eigenvalue weighted by atomic mass is 10.0. The van der Waals surface area contributed by atoms with Gasteiger partial charge in [0.15, 0.2) is 0 Å². The Labute approximate surface area is 219 Å². The number of fused-ring (bicyclic) bond motifs is 1. The maximum atomic E-state index is 13.6. The number of methoxy groups -OCH3 is 2. The zero-order chi connectivity index (χ0) is 27.6. The summed E-state index contributed by atoms with van der Waals surface area (Å²) in [5.74, 6) is 0.662. The summed E-state index contributed by atoms with van der Waals surface area (Å²) in [6.45, 7) is 0.0433. The van der Waals surface area contributed by atoms with Gasteiger partial charge in [0.2, 0.25) is 10.0 Å². The molecular formula is C27H27FN2O7S. The smallest absolute Gasteiger partial charge is 0.255 e. The van der Waals surface area contributed by atoms with Gasteiger partial charge in [-0.05, 0) is 48.0 Å². The highest BCUT2D eigenvalue weighted by Gasteiger charge is 2.26. The van der Waals surface area contributed by atoms with E-state index >= 15 is 0 Å². The van der Waals surface area contributed by atoms with E-state index in [1.807, 2.05) is 0 Å². The van der Waals surface area contributed by atoms with Gasteiger partial charge in [0.1, 0.15) is 41.0 Å². The summed E-state index contributed by atoms with van der Waals surface area (Å²) in [6, 6.07) is 13.8. The fourth-order valence-corrected chi connectivity index (χ4v) is 4.42. The van der Waals surface area contributed by atoms with Crippen molar-refractivity contribution in [3.63, 3.8) is 0 Å². The third-order valence-corrected chi connectivity index (χ3v) is 7.16. The van der Waals surface area contributed by atoms with Crippen LogP contribution in [0.15, 0.2) is 59.0 Å². The van der Waals surface area contributed by atoms with Crippen LogP contribution in [0.5, 0.6) is 17.2 Å². The molecule has 11 heteroatoms. The predicted octanol–water partition coefficient (Wildman–Crippen LogP) is 4.59. The van der Waals surface area contributed by atoms with Crippen LogP contribution < -0.4 is 23.8 Å². The minimum absolute atomic E-state index is 0.0433. The Balaban J connectivity index is 1.89. The molecule has 1 amide bonds. The first-order valence-electron chi connectivity index (χ1n) is 11.4. The van der Waals surface area contributed by atoms with Gasteiger partial charge in [-0.3, -0.25) is 9.10 Å². The average Bonchev–Trinajstić information content (AvgIpc) is 3.28. The second kappa shape index (κ2) is 10.6. The summed E-state index contributed by atoms with van der Waals surface area (Å²) in [5, 5.41) is 2.99. The van der Waals surface area contributed by atoms with Gasteiger partial charge in [0.25, 0.3) is 5.91 Å². The second-order valence-electron chi connectivity index (χ2n) is 8.45. The van der Waals surface area contributed by atoms with Crippen LogP contribution in [0, 0.1) is 5.82 Å². The number of benzene rings is 3. The molecule has 9 nitrogen and oxygen atoms in total. The van der Waals surface area contributed by atoms with Crippen molar-refractivity contribution in [3.05, 3.63) is 71.5 Å². The number of ether oxygens (including phenoxy) is 3. The first-order chi connectivity index (χ1) is 18.0. The van der Waals surface area contributed by atoms with Gasteiger partial charge in [-0.1, -0.05) is 0 Å². The molecule has 0 spiro atoms. The van der Waals surface area contributed by atoms with Gasteiger partial charge >= 0.3 is 0 Å². The van der Waals surface area contributed by atoms with Crippen molar-refractivity contribution in [2.45, 2.75) is 6.61 Å². The van der Waals surface area contributed by atoms with Crippen molar-refractivity contribution in [1.29, 1.82) is 0 Å². The number of nitrogens with one attached hydrogen (secondary N) is 1. The SMILES string of the molecule is CNC(=O)c1c(-c2ccc(F)cc2)oc2cc(N(C)S(C)(=O)=O)c(OCc3cc(OC)cc(OC)c3)cc12. The summed E-state index contributed by atoms with van der Waals surface area (Å²) < 4.78 is 62.3. The topological polar surface area (TPSA) is 107 Å². The molecule has 1 heterocycles. The molecule has 0 bridgehead atoms. The third kappa shape index (κ3) is 5.37. The number of nitrogens with zero attached hydrogens (tertiary/aromatic N) is 1. The lowest BCUT2D eigenvalue weighted by Gasteiger charge is -2.20. The molecule has 0 radical (unpaired) electrons. The molecule has 1 aromatic heterocycles. The largest absolute Gasteiger partial charge is 0.497 e. The fourth-order valence-electron chi connectivity index (χ4n) is 3.92. The summed E-state index contributed by atoms with van der Waals surface area (Å²) in [6.07, 6.45) is 1.07. The number of carbonyl (C=O) groups excluding carboxylic acids is 1. The van der Waals surface area contributed by atoms with Gasteiger partial charge in [-0.15, -0.1) is 0 Å². The fraction of sp³-hybridized carbons (Fsp3) is 0.222. The van der Waals surface area contributed by atoms with Crippen LogP contribution in [0.3, 0.4) is 0 Å². The number of amides is 1. The quantitative estimate of drug-likeness (QED) is 0.330. The molecule has 0 saturated carbocycles. The molecule has 0 aliphatic carbocycles. The highest BCUT2D eigenvalue weighted by Crippen LogP contribution is 2.41. The number of sulfonamides is 1. The van der Waals surface area contributed by atoms with Crippen LogP contribution in [0.2, 0.25) is 0 Å². The molecule has 38 heavy (non-hydrogen) atoms. The van der Waals surface area contributed by atoms with Crippen LogP contribution >= 0.6 is 0 Å². The number of halogens is 1. The van der Waals surface area contributed by atoms with Crippen molar-refractivity contribution in [3.8, 4) is 28.6 Å². The standard InChI is InChI=1S/C27H27FN2O7S/c1-29-27(31)25-21-13-24(36-15-16-10-19(34-3)12-20(11-16)35-4)22(30(2)38(5,32)33)14-23(21)37-26(25)17-6-8-18(28)9-7-17/h6-14H,15H2,1-5H3,(H,29,31). The number of anilines is 1. The Morgan fingerprint density at radius 3 is 2.21 bits per heavy atom. The Bertz CT molecular complexity index is 1580. The molecule has 0 unspecified atom stereocenters. The van der Waals surface area contributed by atoms with E-state index in [1.54, 1.807) is 24.3 Å². The predicted molar refractivity (Wildman–Crippen MR) is 142 cm³/mol. The molecular weight excluding hydrogens is 515 g/mol. The first-order valence-corrected chi connectivity index (χ1v) is 13.3. The Morgan fingerprint density at radius 1 is 1.03 bits per heavy atom. The number of hydrogen-bond acceptors (Lipinski definition) is 7. The van der Waals surface area contributed by atoms with Crippen LogP contribution in [0.1, 0.15) is 15.9 Å². The molecule has 0 fully saturated rings. The molecule has 0 saturated heterocycles. The lowest BCUT2D eigenvalue weighted by molar-refractivity contribution is 0.0964. The van der Waals surface area contributed by atoms with Crippen molar-refractivity contribution in [2.75, 3.05) is 38.9 Å². The normalized spacial score (nSPS) is 11.3. The Morgan fingerprint density at radius 2 is 1.66 bits per heavy atom. The highest BCUT2D eigenvalue weighted by molar-refractivity contribution is 7.92. The Hall–Kier alpha value is -4.25. The van der Waals surface area contributed by atoms with Gasteiger partial charge in [-0.2, -0.15) is 0 Å². The number of carbonyl (C=O) groups is 1. The summed E-state index contributed by atoms with van der Waals surface area (Å²) in [5.41, 5.74) is 1.85. The minimum atomic E-state index is -3.68. The molecule has 200 valence electrons. The molecule has 4 rings (SSSR count). The highest BCUT2D eigenvalue weighted by atomic mass is 32.2. The molecule has 3 aromatic carbocycles. The van der Waals surface area contributed by atoms with Gasteiger partial charge < -0.3 is 23.9 Å². The lowest BCUT2D eigenvalue weighted by Crippen LogP contribution is -2.25. The minimum Gasteiger partial charge on any atom is -0.497 e. The van der Waals surface area contributed by atoms with Crippen LogP contribution in [-0.2, 0) is 16.6 Å². The summed E-state index contributed by atoms with van der Waals surface area (Å²) in [4.78, 5) is 12.9. The van der Waals surface area contributed by atoms with E-state index in [0.717, 1.165) is 10.6 Å². The van der Waals surface area contributed by atoms with Gasteiger partial charge in [0.05, 0.1) is 31.7 Å². The van der Waals surface area contributed by atoms with E-state index in [2.05, 4.69) is 5.32 Å². The van der Waals surface area contributed by atoms with E-state index in [4.69, 9.17) is 18.6 Å². The summed E-state index contributed by atoms with van der Waals surface area (Å²) in [7, 11) is 2.25. The first kappa shape index (κ1) is 26.8. The van der Waals surface area contributed by atoms with E-state index in [-0.39, 0.29) is 35.0 Å². The maximum Gasteiger partial charge on any atom is 0.255 e.